The van der Waals surface area contributed by atoms with Gasteiger partial charge in [-0.15, -0.1) is 11.3 Å². The van der Waals surface area contributed by atoms with E-state index < -0.39 is 0 Å². The highest BCUT2D eigenvalue weighted by molar-refractivity contribution is 9.10. The number of nitrogens with zero attached hydrogens (tertiary/aromatic N) is 1. The molecule has 0 aliphatic rings. The Morgan fingerprint density at radius 2 is 2.21 bits per heavy atom. The van der Waals surface area contributed by atoms with Gasteiger partial charge < -0.3 is 5.32 Å². The van der Waals surface area contributed by atoms with Crippen LogP contribution in [0.15, 0.2) is 34.1 Å². The standard InChI is InChI=1S/C15H19BrN2S/c1-4-14(12-6-5-7-13(16)8-12)18-11(3)15-17-10(2)9-19-15/h5-9,11,14,18H,4H2,1-3H3. The highest BCUT2D eigenvalue weighted by atomic mass is 79.9. The Bertz CT molecular complexity index is 538. The van der Waals surface area contributed by atoms with Crippen LogP contribution in [0.2, 0.25) is 0 Å². The zero-order valence-electron chi connectivity index (χ0n) is 11.5. The SMILES string of the molecule is CCC(NC(C)c1nc(C)cs1)c1cccc(Br)c1. The van der Waals surface area contributed by atoms with Crippen molar-refractivity contribution in [1.29, 1.82) is 0 Å². The second-order valence-electron chi connectivity index (χ2n) is 4.73. The Kier molecular flexibility index (Phi) is 5.13. The van der Waals surface area contributed by atoms with Crippen molar-refractivity contribution in [1.82, 2.24) is 10.3 Å². The molecule has 0 saturated heterocycles. The highest BCUT2D eigenvalue weighted by Gasteiger charge is 2.16. The zero-order chi connectivity index (χ0) is 13.8. The number of aryl methyl sites for hydroxylation is 1. The normalized spacial score (nSPS) is 14.3. The van der Waals surface area contributed by atoms with Crippen LogP contribution >= 0.6 is 27.3 Å². The van der Waals surface area contributed by atoms with Gasteiger partial charge in [0, 0.05) is 21.6 Å². The van der Waals surface area contributed by atoms with Crippen molar-refractivity contribution in [2.75, 3.05) is 0 Å². The number of benzene rings is 1. The summed E-state index contributed by atoms with van der Waals surface area (Å²) in [5.74, 6) is 0. The van der Waals surface area contributed by atoms with E-state index in [9.17, 15) is 0 Å². The van der Waals surface area contributed by atoms with E-state index in [-0.39, 0.29) is 6.04 Å². The number of hydrogen-bond donors (Lipinski definition) is 1. The maximum atomic E-state index is 4.56. The van der Waals surface area contributed by atoms with E-state index in [1.54, 1.807) is 11.3 Å². The van der Waals surface area contributed by atoms with Crippen LogP contribution in [0.25, 0.3) is 0 Å². The van der Waals surface area contributed by atoms with Crippen LogP contribution in [0.5, 0.6) is 0 Å². The molecule has 0 bridgehead atoms. The lowest BCUT2D eigenvalue weighted by atomic mass is 10.0. The van der Waals surface area contributed by atoms with Gasteiger partial charge in [0.05, 0.1) is 6.04 Å². The summed E-state index contributed by atoms with van der Waals surface area (Å²) in [6.07, 6.45) is 1.06. The molecule has 0 amide bonds. The smallest absolute Gasteiger partial charge is 0.110 e. The molecule has 1 aromatic heterocycles. The third-order valence-electron chi connectivity index (χ3n) is 3.12. The Labute approximate surface area is 127 Å². The van der Waals surface area contributed by atoms with Crippen molar-refractivity contribution >= 4 is 27.3 Å². The maximum absolute atomic E-state index is 4.56. The van der Waals surface area contributed by atoms with Gasteiger partial charge in [0.2, 0.25) is 0 Å². The zero-order valence-corrected chi connectivity index (χ0v) is 13.9. The minimum atomic E-state index is 0.280. The number of nitrogens with one attached hydrogen (secondary N) is 1. The molecule has 2 atom stereocenters. The first kappa shape index (κ1) is 14.7. The van der Waals surface area contributed by atoms with Gasteiger partial charge in [-0.05, 0) is 38.0 Å². The van der Waals surface area contributed by atoms with Crippen LogP contribution < -0.4 is 5.32 Å². The van der Waals surface area contributed by atoms with Gasteiger partial charge in [-0.2, -0.15) is 0 Å². The van der Waals surface area contributed by atoms with Gasteiger partial charge in [0.1, 0.15) is 5.01 Å². The van der Waals surface area contributed by atoms with Crippen LogP contribution in [-0.4, -0.2) is 4.98 Å². The maximum Gasteiger partial charge on any atom is 0.110 e. The van der Waals surface area contributed by atoms with Gasteiger partial charge in [0.25, 0.3) is 0 Å². The highest BCUT2D eigenvalue weighted by Crippen LogP contribution is 2.25. The molecule has 1 aromatic carbocycles. The van der Waals surface area contributed by atoms with E-state index in [0.29, 0.717) is 6.04 Å². The Morgan fingerprint density at radius 3 is 2.79 bits per heavy atom. The molecule has 0 spiro atoms. The largest absolute Gasteiger partial charge is 0.301 e. The predicted molar refractivity (Wildman–Crippen MR) is 85.6 cm³/mol. The quantitative estimate of drug-likeness (QED) is 0.828. The minimum Gasteiger partial charge on any atom is -0.301 e. The van der Waals surface area contributed by atoms with E-state index in [1.165, 1.54) is 5.56 Å². The lowest BCUT2D eigenvalue weighted by Crippen LogP contribution is -2.24. The van der Waals surface area contributed by atoms with Crippen LogP contribution in [0.1, 0.15) is 48.6 Å². The Balaban J connectivity index is 2.11. The summed E-state index contributed by atoms with van der Waals surface area (Å²) in [6, 6.07) is 9.14. The third kappa shape index (κ3) is 3.88. The number of thiazole rings is 1. The van der Waals surface area contributed by atoms with Crippen LogP contribution in [-0.2, 0) is 0 Å². The Hall–Kier alpha value is -0.710. The fraction of sp³-hybridized carbons (Fsp3) is 0.400. The van der Waals surface area contributed by atoms with Crippen molar-refractivity contribution in [3.8, 4) is 0 Å². The van der Waals surface area contributed by atoms with Crippen molar-refractivity contribution in [3.05, 3.63) is 50.4 Å². The molecule has 19 heavy (non-hydrogen) atoms. The fourth-order valence-corrected chi connectivity index (χ4v) is 3.35. The molecule has 0 aliphatic carbocycles. The molecule has 4 heteroatoms. The molecule has 2 rings (SSSR count). The average molecular weight is 339 g/mol. The first-order chi connectivity index (χ1) is 9.10. The molecule has 102 valence electrons. The molecule has 0 fully saturated rings. The summed E-state index contributed by atoms with van der Waals surface area (Å²) >= 11 is 5.26. The lowest BCUT2D eigenvalue weighted by molar-refractivity contribution is 0.455. The fourth-order valence-electron chi connectivity index (χ4n) is 2.12. The van der Waals surface area contributed by atoms with Crippen LogP contribution in [0.3, 0.4) is 0 Å². The van der Waals surface area contributed by atoms with Crippen LogP contribution in [0.4, 0.5) is 0 Å². The summed E-state index contributed by atoms with van der Waals surface area (Å²) in [4.78, 5) is 4.56. The van der Waals surface area contributed by atoms with Gasteiger partial charge >= 0.3 is 0 Å². The predicted octanol–water partition coefficient (Wildman–Crippen LogP) is 5.02. The van der Waals surface area contributed by atoms with Gasteiger partial charge in [-0.1, -0.05) is 35.0 Å². The molecule has 1 heterocycles. The third-order valence-corrected chi connectivity index (χ3v) is 4.76. The van der Waals surface area contributed by atoms with Gasteiger partial charge in [0.15, 0.2) is 0 Å². The van der Waals surface area contributed by atoms with Gasteiger partial charge in [-0.3, -0.25) is 0 Å². The first-order valence-electron chi connectivity index (χ1n) is 6.53. The summed E-state index contributed by atoms with van der Waals surface area (Å²) in [7, 11) is 0. The molecule has 2 aromatic rings. The summed E-state index contributed by atoms with van der Waals surface area (Å²) in [6.45, 7) is 6.43. The van der Waals surface area contributed by atoms with Crippen molar-refractivity contribution in [3.63, 3.8) is 0 Å². The summed E-state index contributed by atoms with van der Waals surface area (Å²) < 4.78 is 1.13. The molecule has 1 N–H and O–H groups in total. The van der Waals surface area contributed by atoms with E-state index >= 15 is 0 Å². The topological polar surface area (TPSA) is 24.9 Å². The Morgan fingerprint density at radius 1 is 1.42 bits per heavy atom. The molecule has 2 nitrogen and oxygen atoms in total. The number of hydrogen-bond acceptors (Lipinski definition) is 3. The lowest BCUT2D eigenvalue weighted by Gasteiger charge is -2.21. The second kappa shape index (κ2) is 6.64. The van der Waals surface area contributed by atoms with E-state index in [0.717, 1.165) is 21.6 Å². The molecule has 0 aliphatic heterocycles. The minimum absolute atomic E-state index is 0.280. The van der Waals surface area contributed by atoms with Crippen molar-refractivity contribution in [2.24, 2.45) is 0 Å². The number of halogens is 1. The van der Waals surface area contributed by atoms with Crippen LogP contribution in [0, 0.1) is 6.92 Å². The van der Waals surface area contributed by atoms with Crippen molar-refractivity contribution < 1.29 is 0 Å². The molecular weight excluding hydrogens is 320 g/mol. The summed E-state index contributed by atoms with van der Waals surface area (Å²) in [5.41, 5.74) is 2.42. The second-order valence-corrected chi connectivity index (χ2v) is 6.54. The van der Waals surface area contributed by atoms with E-state index in [2.05, 4.69) is 69.7 Å². The molecule has 0 saturated carbocycles. The molecule has 2 unspecified atom stereocenters. The summed E-state index contributed by atoms with van der Waals surface area (Å²) in [5, 5.41) is 6.93. The molecule has 0 radical (unpaired) electrons. The number of aromatic nitrogens is 1. The number of rotatable bonds is 5. The molecular formula is C15H19BrN2S. The average Bonchev–Trinajstić information content (AvgIpc) is 2.82. The van der Waals surface area contributed by atoms with Crippen molar-refractivity contribution in [2.45, 2.75) is 39.3 Å². The monoisotopic (exact) mass is 338 g/mol. The van der Waals surface area contributed by atoms with Gasteiger partial charge in [-0.25, -0.2) is 4.98 Å². The first-order valence-corrected chi connectivity index (χ1v) is 8.21. The van der Waals surface area contributed by atoms with E-state index in [4.69, 9.17) is 0 Å². The van der Waals surface area contributed by atoms with E-state index in [1.807, 2.05) is 6.92 Å².